The first kappa shape index (κ1) is 15.0. The molecule has 0 aromatic rings. The van der Waals surface area contributed by atoms with E-state index in [2.05, 4.69) is 24.5 Å². The summed E-state index contributed by atoms with van der Waals surface area (Å²) in [7, 11) is 0. The highest BCUT2D eigenvalue weighted by Gasteiger charge is 2.25. The zero-order valence-electron chi connectivity index (χ0n) is 11.4. The van der Waals surface area contributed by atoms with Crippen LogP contribution in [0.25, 0.3) is 0 Å². The van der Waals surface area contributed by atoms with E-state index >= 15 is 0 Å². The fourth-order valence-electron chi connectivity index (χ4n) is 2.49. The molecular formula is C13H25N3O2. The van der Waals surface area contributed by atoms with Crippen LogP contribution in [0, 0.1) is 11.8 Å². The molecule has 0 aliphatic heterocycles. The molecule has 0 aromatic heterocycles. The molecule has 1 aliphatic rings. The number of nitrogens with one attached hydrogen (secondary N) is 2. The second-order valence-corrected chi connectivity index (χ2v) is 5.42. The van der Waals surface area contributed by atoms with Gasteiger partial charge >= 0.3 is 0 Å². The third kappa shape index (κ3) is 5.04. The number of rotatable bonds is 5. The fraction of sp³-hybridized carbons (Fsp3) is 0.846. The highest BCUT2D eigenvalue weighted by Crippen LogP contribution is 2.29. The minimum absolute atomic E-state index is 0.0267. The van der Waals surface area contributed by atoms with Crippen LogP contribution in [0.1, 0.15) is 39.5 Å². The van der Waals surface area contributed by atoms with Crippen LogP contribution < -0.4 is 16.4 Å². The molecule has 1 saturated carbocycles. The summed E-state index contributed by atoms with van der Waals surface area (Å²) in [5, 5.41) is 5.47. The Kier molecular flexibility index (Phi) is 6.12. The molecule has 0 bridgehead atoms. The summed E-state index contributed by atoms with van der Waals surface area (Å²) in [5.41, 5.74) is 5.15. The Balaban J connectivity index is 2.29. The van der Waals surface area contributed by atoms with E-state index < -0.39 is 0 Å². The Morgan fingerprint density at radius 2 is 2.00 bits per heavy atom. The first-order valence-electron chi connectivity index (χ1n) is 6.79. The van der Waals surface area contributed by atoms with Crippen LogP contribution in [0.15, 0.2) is 0 Å². The summed E-state index contributed by atoms with van der Waals surface area (Å²) in [6.07, 6.45) is 4.52. The summed E-state index contributed by atoms with van der Waals surface area (Å²) in [6, 6.07) is 0.258. The van der Waals surface area contributed by atoms with E-state index in [1.807, 2.05) is 0 Å². The van der Waals surface area contributed by atoms with Crippen molar-refractivity contribution in [2.24, 2.45) is 17.6 Å². The minimum atomic E-state index is -0.297. The molecule has 1 rings (SSSR count). The number of hydrogen-bond acceptors (Lipinski definition) is 3. The van der Waals surface area contributed by atoms with Crippen molar-refractivity contribution in [3.8, 4) is 0 Å². The Morgan fingerprint density at radius 3 is 2.61 bits per heavy atom. The molecular weight excluding hydrogens is 230 g/mol. The molecule has 5 heteroatoms. The van der Waals surface area contributed by atoms with Gasteiger partial charge in [-0.2, -0.15) is 0 Å². The maximum absolute atomic E-state index is 11.6. The minimum Gasteiger partial charge on any atom is -0.352 e. The predicted molar refractivity (Wildman–Crippen MR) is 70.8 cm³/mol. The second kappa shape index (κ2) is 7.36. The molecule has 18 heavy (non-hydrogen) atoms. The topological polar surface area (TPSA) is 84.2 Å². The second-order valence-electron chi connectivity index (χ2n) is 5.42. The Morgan fingerprint density at radius 1 is 1.28 bits per heavy atom. The van der Waals surface area contributed by atoms with Gasteiger partial charge in [0.05, 0.1) is 13.1 Å². The van der Waals surface area contributed by atoms with E-state index in [1.54, 1.807) is 0 Å². The molecule has 2 unspecified atom stereocenters. The molecule has 0 saturated heterocycles. The number of hydrogen-bond donors (Lipinski definition) is 3. The molecule has 2 atom stereocenters. The van der Waals surface area contributed by atoms with Gasteiger partial charge in [0.1, 0.15) is 0 Å². The zero-order valence-corrected chi connectivity index (χ0v) is 11.4. The van der Waals surface area contributed by atoms with Gasteiger partial charge in [-0.3, -0.25) is 9.59 Å². The molecule has 0 radical (unpaired) electrons. The van der Waals surface area contributed by atoms with Crippen LogP contribution in [0.2, 0.25) is 0 Å². The summed E-state index contributed by atoms with van der Waals surface area (Å²) < 4.78 is 0. The van der Waals surface area contributed by atoms with E-state index in [4.69, 9.17) is 5.73 Å². The lowest BCUT2D eigenvalue weighted by molar-refractivity contribution is -0.126. The molecule has 2 amide bonds. The number of nitrogens with two attached hydrogens (primary N) is 1. The summed E-state index contributed by atoms with van der Waals surface area (Å²) in [4.78, 5) is 22.6. The zero-order chi connectivity index (χ0) is 13.5. The van der Waals surface area contributed by atoms with Crippen molar-refractivity contribution in [2.45, 2.75) is 45.6 Å². The van der Waals surface area contributed by atoms with Crippen molar-refractivity contribution in [3.63, 3.8) is 0 Å². The summed E-state index contributed by atoms with van der Waals surface area (Å²) >= 11 is 0. The first-order valence-corrected chi connectivity index (χ1v) is 6.79. The molecule has 1 aliphatic carbocycles. The van der Waals surface area contributed by atoms with Crippen molar-refractivity contribution in [1.29, 1.82) is 0 Å². The average molecular weight is 255 g/mol. The standard InChI is InChI=1S/C13H25N3O2/c1-9(2)10-4-3-5-11(6-10)16-13(18)8-15-12(17)7-14/h9-11H,3-8,14H2,1-2H3,(H,15,17)(H,16,18). The van der Waals surface area contributed by atoms with Gasteiger partial charge in [-0.15, -0.1) is 0 Å². The van der Waals surface area contributed by atoms with Gasteiger partial charge in [-0.1, -0.05) is 26.7 Å². The summed E-state index contributed by atoms with van der Waals surface area (Å²) in [5.74, 6) is 0.949. The lowest BCUT2D eigenvalue weighted by Gasteiger charge is -2.32. The van der Waals surface area contributed by atoms with Crippen LogP contribution in [0.4, 0.5) is 0 Å². The van der Waals surface area contributed by atoms with Crippen molar-refractivity contribution in [3.05, 3.63) is 0 Å². The average Bonchev–Trinajstić information content (AvgIpc) is 2.36. The maximum atomic E-state index is 11.6. The molecule has 0 aromatic carbocycles. The number of amides is 2. The summed E-state index contributed by atoms with van der Waals surface area (Å²) in [6.45, 7) is 4.41. The quantitative estimate of drug-likeness (QED) is 0.664. The lowest BCUT2D eigenvalue weighted by atomic mass is 9.79. The van der Waals surface area contributed by atoms with Crippen LogP contribution >= 0.6 is 0 Å². The maximum Gasteiger partial charge on any atom is 0.239 e. The normalized spacial score (nSPS) is 23.8. The van der Waals surface area contributed by atoms with Gasteiger partial charge in [-0.05, 0) is 24.7 Å². The molecule has 0 spiro atoms. The van der Waals surface area contributed by atoms with Gasteiger partial charge < -0.3 is 16.4 Å². The van der Waals surface area contributed by atoms with Crippen LogP contribution in [0.5, 0.6) is 0 Å². The van der Waals surface area contributed by atoms with E-state index in [9.17, 15) is 9.59 Å². The van der Waals surface area contributed by atoms with E-state index in [1.165, 1.54) is 12.8 Å². The van der Waals surface area contributed by atoms with Gasteiger partial charge in [-0.25, -0.2) is 0 Å². The van der Waals surface area contributed by atoms with E-state index in [0.717, 1.165) is 12.8 Å². The first-order chi connectivity index (χ1) is 8.52. The Bertz CT molecular complexity index is 292. The third-order valence-corrected chi connectivity index (χ3v) is 3.65. The van der Waals surface area contributed by atoms with Crippen molar-refractivity contribution in [2.75, 3.05) is 13.1 Å². The molecule has 1 fully saturated rings. The van der Waals surface area contributed by atoms with Crippen LogP contribution in [-0.2, 0) is 9.59 Å². The molecule has 104 valence electrons. The Hall–Kier alpha value is -1.10. The van der Waals surface area contributed by atoms with Gasteiger partial charge in [0.2, 0.25) is 11.8 Å². The van der Waals surface area contributed by atoms with E-state index in [-0.39, 0.29) is 30.9 Å². The fourth-order valence-corrected chi connectivity index (χ4v) is 2.49. The predicted octanol–water partition coefficient (Wildman–Crippen LogP) is 0.392. The van der Waals surface area contributed by atoms with Gasteiger partial charge in [0.25, 0.3) is 0 Å². The third-order valence-electron chi connectivity index (χ3n) is 3.65. The van der Waals surface area contributed by atoms with Gasteiger partial charge in [0.15, 0.2) is 0 Å². The molecule has 4 N–H and O–H groups in total. The number of carbonyl (C=O) groups is 2. The number of carbonyl (C=O) groups excluding carboxylic acids is 2. The molecule has 5 nitrogen and oxygen atoms in total. The monoisotopic (exact) mass is 255 g/mol. The Labute approximate surface area is 109 Å². The van der Waals surface area contributed by atoms with Crippen LogP contribution in [-0.4, -0.2) is 30.9 Å². The van der Waals surface area contributed by atoms with E-state index in [0.29, 0.717) is 11.8 Å². The van der Waals surface area contributed by atoms with Crippen molar-refractivity contribution in [1.82, 2.24) is 10.6 Å². The van der Waals surface area contributed by atoms with Crippen molar-refractivity contribution >= 4 is 11.8 Å². The van der Waals surface area contributed by atoms with Crippen molar-refractivity contribution < 1.29 is 9.59 Å². The highest BCUT2D eigenvalue weighted by atomic mass is 16.2. The van der Waals surface area contributed by atoms with Crippen LogP contribution in [0.3, 0.4) is 0 Å². The smallest absolute Gasteiger partial charge is 0.239 e. The highest BCUT2D eigenvalue weighted by molar-refractivity contribution is 5.85. The SMILES string of the molecule is CC(C)C1CCCC(NC(=O)CNC(=O)CN)C1. The largest absolute Gasteiger partial charge is 0.352 e. The molecule has 0 heterocycles. The lowest BCUT2D eigenvalue weighted by Crippen LogP contribution is -2.45. The van der Waals surface area contributed by atoms with Gasteiger partial charge in [0, 0.05) is 6.04 Å².